The zero-order valence-electron chi connectivity index (χ0n) is 9.79. The Kier molecular flexibility index (Phi) is 3.55. The van der Waals surface area contributed by atoms with Gasteiger partial charge in [0.1, 0.15) is 11.9 Å². The van der Waals surface area contributed by atoms with E-state index in [0.29, 0.717) is 12.0 Å². The first-order valence-corrected chi connectivity index (χ1v) is 6.60. The average Bonchev–Trinajstić information content (AvgIpc) is 2.59. The van der Waals surface area contributed by atoms with Crippen molar-refractivity contribution in [1.82, 2.24) is 0 Å². The molecule has 0 radical (unpaired) electrons. The summed E-state index contributed by atoms with van der Waals surface area (Å²) in [5, 5.41) is 0. The Morgan fingerprint density at radius 3 is 3.00 bits per heavy atom. The Labute approximate surface area is 105 Å². The topological polar surface area (TPSA) is 35.2 Å². The molecule has 2 atom stereocenters. The molecule has 0 spiro atoms. The molecule has 16 heavy (non-hydrogen) atoms. The summed E-state index contributed by atoms with van der Waals surface area (Å²) >= 11 is 3.59. The maximum absolute atomic E-state index is 5.76. The molecule has 88 valence electrons. The van der Waals surface area contributed by atoms with Gasteiger partial charge < -0.3 is 10.5 Å². The number of hydrogen-bond donors (Lipinski definition) is 1. The summed E-state index contributed by atoms with van der Waals surface area (Å²) in [6.07, 6.45) is 2.34. The molecule has 2 N–H and O–H groups in total. The van der Waals surface area contributed by atoms with Crippen LogP contribution in [0.5, 0.6) is 5.75 Å². The normalized spacial score (nSPS) is 20.4. The van der Waals surface area contributed by atoms with Crippen molar-refractivity contribution in [2.75, 3.05) is 6.54 Å². The van der Waals surface area contributed by atoms with Crippen molar-refractivity contribution in [3.8, 4) is 5.75 Å². The predicted molar refractivity (Wildman–Crippen MR) is 70.0 cm³/mol. The van der Waals surface area contributed by atoms with E-state index in [9.17, 15) is 0 Å². The van der Waals surface area contributed by atoms with Crippen molar-refractivity contribution < 1.29 is 4.74 Å². The van der Waals surface area contributed by atoms with E-state index < -0.39 is 0 Å². The van der Waals surface area contributed by atoms with Gasteiger partial charge in [0.15, 0.2) is 0 Å². The molecule has 1 aromatic rings. The molecule has 0 aromatic heterocycles. The van der Waals surface area contributed by atoms with Crippen LogP contribution in [-0.2, 0) is 6.42 Å². The third kappa shape index (κ3) is 2.25. The first kappa shape index (κ1) is 11.9. The van der Waals surface area contributed by atoms with E-state index in [1.54, 1.807) is 0 Å². The number of halogens is 1. The lowest BCUT2D eigenvalue weighted by molar-refractivity contribution is 0.253. The van der Waals surface area contributed by atoms with E-state index in [2.05, 4.69) is 41.9 Å². The quantitative estimate of drug-likeness (QED) is 0.925. The molecule has 1 aliphatic heterocycles. The van der Waals surface area contributed by atoms with Gasteiger partial charge in [-0.1, -0.05) is 13.0 Å². The summed E-state index contributed by atoms with van der Waals surface area (Å²) < 4.78 is 6.84. The SMILES string of the molecule is CC1Cc2cc(C(C)CCN)cc(Br)c2O1. The molecular formula is C13H18BrNO. The molecule has 0 saturated carbocycles. The van der Waals surface area contributed by atoms with Crippen LogP contribution in [0.4, 0.5) is 0 Å². The van der Waals surface area contributed by atoms with Gasteiger partial charge in [-0.05, 0) is 58.9 Å². The third-order valence-corrected chi connectivity index (χ3v) is 3.73. The fraction of sp³-hybridized carbons (Fsp3) is 0.538. The molecule has 1 aromatic carbocycles. The molecule has 1 heterocycles. The number of benzene rings is 1. The highest BCUT2D eigenvalue weighted by molar-refractivity contribution is 9.10. The number of ether oxygens (including phenoxy) is 1. The van der Waals surface area contributed by atoms with E-state index in [1.165, 1.54) is 11.1 Å². The van der Waals surface area contributed by atoms with E-state index in [0.717, 1.165) is 29.6 Å². The molecule has 1 aliphatic rings. The molecule has 0 fully saturated rings. The maximum atomic E-state index is 5.76. The van der Waals surface area contributed by atoms with Crippen molar-refractivity contribution >= 4 is 15.9 Å². The van der Waals surface area contributed by atoms with Crippen molar-refractivity contribution in [2.24, 2.45) is 5.73 Å². The van der Waals surface area contributed by atoms with Crippen LogP contribution in [0.25, 0.3) is 0 Å². The summed E-state index contributed by atoms with van der Waals surface area (Å²) in [5.41, 5.74) is 8.28. The smallest absolute Gasteiger partial charge is 0.137 e. The maximum Gasteiger partial charge on any atom is 0.137 e. The average molecular weight is 284 g/mol. The van der Waals surface area contributed by atoms with Crippen LogP contribution in [0.2, 0.25) is 0 Å². The van der Waals surface area contributed by atoms with Crippen LogP contribution in [0.3, 0.4) is 0 Å². The summed E-state index contributed by atoms with van der Waals surface area (Å²) in [6.45, 7) is 5.07. The van der Waals surface area contributed by atoms with Crippen LogP contribution in [0.15, 0.2) is 16.6 Å². The van der Waals surface area contributed by atoms with Gasteiger partial charge in [0.25, 0.3) is 0 Å². The minimum absolute atomic E-state index is 0.298. The van der Waals surface area contributed by atoms with Crippen molar-refractivity contribution in [2.45, 2.75) is 38.7 Å². The van der Waals surface area contributed by atoms with Crippen LogP contribution in [0.1, 0.15) is 37.3 Å². The molecule has 2 rings (SSSR count). The first-order valence-electron chi connectivity index (χ1n) is 5.81. The van der Waals surface area contributed by atoms with Crippen LogP contribution in [0, 0.1) is 0 Å². The second kappa shape index (κ2) is 4.76. The summed E-state index contributed by atoms with van der Waals surface area (Å²) in [4.78, 5) is 0. The van der Waals surface area contributed by atoms with Gasteiger partial charge in [-0.2, -0.15) is 0 Å². The fourth-order valence-corrected chi connectivity index (χ4v) is 2.82. The lowest BCUT2D eigenvalue weighted by atomic mass is 9.95. The van der Waals surface area contributed by atoms with Gasteiger partial charge in [-0.25, -0.2) is 0 Å². The minimum Gasteiger partial charge on any atom is -0.489 e. The molecule has 2 unspecified atom stereocenters. The van der Waals surface area contributed by atoms with Gasteiger partial charge in [-0.3, -0.25) is 0 Å². The Bertz CT molecular complexity index is 392. The van der Waals surface area contributed by atoms with Crippen LogP contribution < -0.4 is 10.5 Å². The molecule has 0 amide bonds. The molecule has 3 heteroatoms. The van der Waals surface area contributed by atoms with Gasteiger partial charge in [-0.15, -0.1) is 0 Å². The minimum atomic E-state index is 0.298. The number of nitrogens with two attached hydrogens (primary N) is 1. The fourth-order valence-electron chi connectivity index (χ4n) is 2.21. The summed E-state index contributed by atoms with van der Waals surface area (Å²) in [6, 6.07) is 4.43. The molecule has 0 saturated heterocycles. The van der Waals surface area contributed by atoms with Crippen molar-refractivity contribution in [3.05, 3.63) is 27.7 Å². The Hall–Kier alpha value is -0.540. The van der Waals surface area contributed by atoms with E-state index in [1.807, 2.05) is 0 Å². The monoisotopic (exact) mass is 283 g/mol. The van der Waals surface area contributed by atoms with Gasteiger partial charge >= 0.3 is 0 Å². The van der Waals surface area contributed by atoms with Gasteiger partial charge in [0.2, 0.25) is 0 Å². The second-order valence-electron chi connectivity index (χ2n) is 4.60. The predicted octanol–water partition coefficient (Wildman–Crippen LogP) is 3.22. The zero-order chi connectivity index (χ0) is 11.7. The van der Waals surface area contributed by atoms with E-state index in [-0.39, 0.29) is 0 Å². The zero-order valence-corrected chi connectivity index (χ0v) is 11.4. The highest BCUT2D eigenvalue weighted by Gasteiger charge is 2.23. The Morgan fingerprint density at radius 1 is 1.56 bits per heavy atom. The standard InChI is InChI=1S/C13H18BrNO/c1-8(3-4-15)10-6-11-5-9(2)16-13(11)12(14)7-10/h6-9H,3-5,15H2,1-2H3. The third-order valence-electron chi connectivity index (χ3n) is 3.14. The molecular weight excluding hydrogens is 266 g/mol. The van der Waals surface area contributed by atoms with Crippen LogP contribution in [-0.4, -0.2) is 12.6 Å². The number of rotatable bonds is 3. The summed E-state index contributed by atoms with van der Waals surface area (Å²) in [7, 11) is 0. The van der Waals surface area contributed by atoms with E-state index in [4.69, 9.17) is 10.5 Å². The Balaban J connectivity index is 2.31. The van der Waals surface area contributed by atoms with Crippen molar-refractivity contribution in [3.63, 3.8) is 0 Å². The Morgan fingerprint density at radius 2 is 2.31 bits per heavy atom. The number of hydrogen-bond acceptors (Lipinski definition) is 2. The largest absolute Gasteiger partial charge is 0.489 e. The van der Waals surface area contributed by atoms with Gasteiger partial charge in [0, 0.05) is 6.42 Å². The molecule has 0 aliphatic carbocycles. The second-order valence-corrected chi connectivity index (χ2v) is 5.46. The van der Waals surface area contributed by atoms with E-state index >= 15 is 0 Å². The molecule has 0 bridgehead atoms. The van der Waals surface area contributed by atoms with Gasteiger partial charge in [0.05, 0.1) is 4.47 Å². The molecule has 2 nitrogen and oxygen atoms in total. The highest BCUT2D eigenvalue weighted by atomic mass is 79.9. The first-order chi connectivity index (χ1) is 7.61. The number of fused-ring (bicyclic) bond motifs is 1. The lowest BCUT2D eigenvalue weighted by Gasteiger charge is -2.13. The lowest BCUT2D eigenvalue weighted by Crippen LogP contribution is -2.05. The van der Waals surface area contributed by atoms with Crippen molar-refractivity contribution in [1.29, 1.82) is 0 Å². The summed E-state index contributed by atoms with van der Waals surface area (Å²) in [5.74, 6) is 1.54. The highest BCUT2D eigenvalue weighted by Crippen LogP contribution is 2.39. The van der Waals surface area contributed by atoms with Crippen LogP contribution >= 0.6 is 15.9 Å².